The highest BCUT2D eigenvalue weighted by atomic mass is 32.1. The third-order valence-corrected chi connectivity index (χ3v) is 4.34. The van der Waals surface area contributed by atoms with Crippen LogP contribution >= 0.6 is 12.2 Å². The molecule has 3 rings (SSSR count). The smallest absolute Gasteiger partial charge is 0.341 e. The molecule has 0 radical (unpaired) electrons. The largest absolute Gasteiger partial charge is 0.497 e. The molecule has 0 atom stereocenters. The van der Waals surface area contributed by atoms with Crippen molar-refractivity contribution in [1.29, 1.82) is 0 Å². The van der Waals surface area contributed by atoms with Crippen LogP contribution in [0.1, 0.15) is 5.56 Å². The number of hydrogen-bond acceptors (Lipinski definition) is 6. The van der Waals surface area contributed by atoms with E-state index in [1.807, 2.05) is 0 Å². The summed E-state index contributed by atoms with van der Waals surface area (Å²) in [6, 6.07) is 11.9. The summed E-state index contributed by atoms with van der Waals surface area (Å²) in [5.41, 5.74) is 1.57. The summed E-state index contributed by atoms with van der Waals surface area (Å²) in [7, 11) is 3.01. The molecule has 8 nitrogen and oxygen atoms in total. The Morgan fingerprint density at radius 1 is 1.14 bits per heavy atom. The summed E-state index contributed by atoms with van der Waals surface area (Å²) >= 11 is 5.30. The van der Waals surface area contributed by atoms with Gasteiger partial charge >= 0.3 is 5.97 Å². The number of anilines is 1. The molecule has 1 aliphatic rings. The minimum atomic E-state index is -1.09. The van der Waals surface area contributed by atoms with Crippen LogP contribution in [0.3, 0.4) is 0 Å². The number of ether oxygens (including phenoxy) is 3. The van der Waals surface area contributed by atoms with Crippen LogP contribution in [0.5, 0.6) is 17.2 Å². The average molecular weight is 414 g/mol. The van der Waals surface area contributed by atoms with Crippen LogP contribution in [-0.4, -0.2) is 42.9 Å². The Kier molecular flexibility index (Phi) is 5.99. The van der Waals surface area contributed by atoms with Gasteiger partial charge in [-0.05, 0) is 60.3 Å². The molecule has 1 amide bonds. The van der Waals surface area contributed by atoms with E-state index >= 15 is 0 Å². The van der Waals surface area contributed by atoms with Gasteiger partial charge in [0.2, 0.25) is 0 Å². The topological polar surface area (TPSA) is 97.3 Å². The van der Waals surface area contributed by atoms with Gasteiger partial charge in [0.25, 0.3) is 5.91 Å². The van der Waals surface area contributed by atoms with E-state index < -0.39 is 12.6 Å². The fourth-order valence-electron chi connectivity index (χ4n) is 2.70. The predicted octanol–water partition coefficient (Wildman–Crippen LogP) is 2.43. The number of thiocarbonyl (C=S) groups is 1. The van der Waals surface area contributed by atoms with Crippen LogP contribution in [0.15, 0.2) is 48.2 Å². The molecule has 29 heavy (non-hydrogen) atoms. The first-order valence-electron chi connectivity index (χ1n) is 8.46. The van der Waals surface area contributed by atoms with E-state index in [-0.39, 0.29) is 16.8 Å². The molecule has 1 heterocycles. The lowest BCUT2D eigenvalue weighted by atomic mass is 10.1. The number of carboxylic acid groups (broad SMARTS) is 1. The number of carbonyl (C=O) groups is 2. The molecule has 150 valence electrons. The minimum absolute atomic E-state index is 0.264. The van der Waals surface area contributed by atoms with Gasteiger partial charge in [-0.3, -0.25) is 9.69 Å². The second-order valence-electron chi connectivity index (χ2n) is 5.92. The van der Waals surface area contributed by atoms with Crippen LogP contribution in [0.25, 0.3) is 6.08 Å². The second kappa shape index (κ2) is 8.61. The third-order valence-electron chi connectivity index (χ3n) is 4.06. The summed E-state index contributed by atoms with van der Waals surface area (Å²) in [6.45, 7) is -0.484. The van der Waals surface area contributed by atoms with E-state index in [1.165, 1.54) is 12.0 Å². The fourth-order valence-corrected chi connectivity index (χ4v) is 3.00. The Morgan fingerprint density at radius 2 is 1.86 bits per heavy atom. The molecule has 2 aromatic carbocycles. The summed E-state index contributed by atoms with van der Waals surface area (Å²) in [6.07, 6.45) is 1.63. The van der Waals surface area contributed by atoms with Crippen molar-refractivity contribution < 1.29 is 28.9 Å². The number of hydrogen-bond donors (Lipinski definition) is 2. The summed E-state index contributed by atoms with van der Waals surface area (Å²) in [5, 5.41) is 11.9. The van der Waals surface area contributed by atoms with E-state index in [1.54, 1.807) is 55.7 Å². The molecule has 0 aromatic heterocycles. The third kappa shape index (κ3) is 4.46. The van der Waals surface area contributed by atoms with Gasteiger partial charge in [-0.2, -0.15) is 0 Å². The SMILES string of the molecule is COc1ccc(N2C(=O)C(=Cc3ccc(OCC(=O)O)c(OC)c3)NC2=S)cc1. The highest BCUT2D eigenvalue weighted by Gasteiger charge is 2.32. The van der Waals surface area contributed by atoms with Gasteiger partial charge in [0.1, 0.15) is 11.4 Å². The van der Waals surface area contributed by atoms with Crippen LogP contribution in [0, 0.1) is 0 Å². The van der Waals surface area contributed by atoms with Crippen LogP contribution in [0.4, 0.5) is 5.69 Å². The Hall–Kier alpha value is -3.59. The zero-order valence-electron chi connectivity index (χ0n) is 15.7. The number of methoxy groups -OCH3 is 2. The van der Waals surface area contributed by atoms with Gasteiger partial charge in [-0.1, -0.05) is 6.07 Å². The van der Waals surface area contributed by atoms with E-state index in [4.69, 9.17) is 31.5 Å². The molecule has 0 spiro atoms. The van der Waals surface area contributed by atoms with Gasteiger partial charge in [0, 0.05) is 0 Å². The summed E-state index contributed by atoms with van der Waals surface area (Å²) in [4.78, 5) is 24.9. The number of amides is 1. The van der Waals surface area contributed by atoms with Crippen LogP contribution in [-0.2, 0) is 9.59 Å². The van der Waals surface area contributed by atoms with Crippen molar-refractivity contribution >= 4 is 41.0 Å². The van der Waals surface area contributed by atoms with E-state index in [2.05, 4.69) is 5.32 Å². The Morgan fingerprint density at radius 3 is 2.48 bits per heavy atom. The molecule has 0 unspecified atom stereocenters. The molecule has 0 bridgehead atoms. The van der Waals surface area contributed by atoms with E-state index in [0.717, 1.165) is 0 Å². The maximum Gasteiger partial charge on any atom is 0.341 e. The summed E-state index contributed by atoms with van der Waals surface area (Å²) in [5.74, 6) is -0.0809. The molecule has 9 heteroatoms. The first-order chi connectivity index (χ1) is 13.9. The van der Waals surface area contributed by atoms with Crippen molar-refractivity contribution in [3.63, 3.8) is 0 Å². The number of carboxylic acids is 1. The molecule has 2 aromatic rings. The molecule has 0 saturated carbocycles. The molecular weight excluding hydrogens is 396 g/mol. The Labute approximate surface area is 172 Å². The number of carbonyl (C=O) groups excluding carboxylic acids is 1. The van der Waals surface area contributed by atoms with Crippen molar-refractivity contribution in [3.05, 3.63) is 53.7 Å². The lowest BCUT2D eigenvalue weighted by Gasteiger charge is -2.14. The number of nitrogens with zero attached hydrogens (tertiary/aromatic N) is 1. The molecular formula is C20H18N2O6S. The zero-order chi connectivity index (χ0) is 21.0. The van der Waals surface area contributed by atoms with Crippen molar-refractivity contribution in [2.45, 2.75) is 0 Å². The Balaban J connectivity index is 1.84. The monoisotopic (exact) mass is 414 g/mol. The quantitative estimate of drug-likeness (QED) is 0.527. The maximum atomic E-state index is 12.8. The first kappa shape index (κ1) is 20.2. The van der Waals surface area contributed by atoms with E-state index in [9.17, 15) is 9.59 Å². The van der Waals surface area contributed by atoms with Gasteiger partial charge in [0.05, 0.1) is 19.9 Å². The number of rotatable bonds is 7. The number of benzene rings is 2. The second-order valence-corrected chi connectivity index (χ2v) is 6.31. The maximum absolute atomic E-state index is 12.8. The average Bonchev–Trinajstić information content (AvgIpc) is 2.99. The normalized spacial score (nSPS) is 14.7. The lowest BCUT2D eigenvalue weighted by Crippen LogP contribution is -2.30. The van der Waals surface area contributed by atoms with Crippen LogP contribution in [0.2, 0.25) is 0 Å². The number of nitrogens with one attached hydrogen (secondary N) is 1. The van der Waals surface area contributed by atoms with Gasteiger partial charge in [-0.25, -0.2) is 4.79 Å². The standard InChI is InChI=1S/C20H18N2O6S/c1-26-14-6-4-13(5-7-14)22-19(25)15(21-20(22)29)9-12-3-8-16(17(10-12)27-2)28-11-18(23)24/h3-10H,11H2,1-2H3,(H,21,29)(H,23,24). The van der Waals surface area contributed by atoms with E-state index in [0.29, 0.717) is 28.4 Å². The van der Waals surface area contributed by atoms with Gasteiger partial charge < -0.3 is 24.6 Å². The molecule has 1 aliphatic heterocycles. The molecule has 1 fully saturated rings. The lowest BCUT2D eigenvalue weighted by molar-refractivity contribution is -0.139. The minimum Gasteiger partial charge on any atom is -0.497 e. The first-order valence-corrected chi connectivity index (χ1v) is 8.87. The highest BCUT2D eigenvalue weighted by molar-refractivity contribution is 7.80. The summed E-state index contributed by atoms with van der Waals surface area (Å²) < 4.78 is 15.6. The van der Waals surface area contributed by atoms with Crippen LogP contribution < -0.4 is 24.4 Å². The molecule has 2 N–H and O–H groups in total. The number of aliphatic carboxylic acids is 1. The highest BCUT2D eigenvalue weighted by Crippen LogP contribution is 2.30. The van der Waals surface area contributed by atoms with Gasteiger partial charge in [-0.15, -0.1) is 0 Å². The predicted molar refractivity (Wildman–Crippen MR) is 110 cm³/mol. The van der Waals surface area contributed by atoms with Crippen molar-refractivity contribution in [2.75, 3.05) is 25.7 Å². The molecule has 1 saturated heterocycles. The van der Waals surface area contributed by atoms with Crippen molar-refractivity contribution in [1.82, 2.24) is 5.32 Å². The van der Waals surface area contributed by atoms with Gasteiger partial charge in [0.15, 0.2) is 23.2 Å². The zero-order valence-corrected chi connectivity index (χ0v) is 16.5. The Bertz CT molecular complexity index is 987. The van der Waals surface area contributed by atoms with Crippen molar-refractivity contribution in [3.8, 4) is 17.2 Å². The fraction of sp³-hybridized carbons (Fsp3) is 0.150. The van der Waals surface area contributed by atoms with Crippen molar-refractivity contribution in [2.24, 2.45) is 0 Å². The molecule has 0 aliphatic carbocycles.